The fourth-order valence-electron chi connectivity index (χ4n) is 2.94. The second-order valence-corrected chi connectivity index (χ2v) is 7.99. The minimum absolute atomic E-state index is 0.265. The standard InChI is InChI=1S/C20H18N4O2S2/c1-12-16(13-7-9-14(26-2)10-8-13)21-19(28-12)23-18(25)17-15-6-4-5-11-24(15)20(22-17)27-3/h4-11H,1-3H3,(H,21,23,25). The molecule has 28 heavy (non-hydrogen) atoms. The minimum Gasteiger partial charge on any atom is -0.497 e. The third-order valence-electron chi connectivity index (χ3n) is 4.29. The molecule has 0 fully saturated rings. The zero-order valence-electron chi connectivity index (χ0n) is 15.6. The average Bonchev–Trinajstić information content (AvgIpc) is 3.28. The molecule has 3 heterocycles. The summed E-state index contributed by atoms with van der Waals surface area (Å²) in [6.07, 6.45) is 3.84. The number of nitrogens with one attached hydrogen (secondary N) is 1. The Balaban J connectivity index is 1.62. The molecular formula is C20H18N4O2S2. The predicted octanol–water partition coefficient (Wildman–Crippen LogP) is 4.75. The van der Waals surface area contributed by atoms with E-state index >= 15 is 0 Å². The molecule has 0 saturated carbocycles. The fourth-order valence-corrected chi connectivity index (χ4v) is 4.31. The molecule has 0 bridgehead atoms. The molecule has 0 radical (unpaired) electrons. The predicted molar refractivity (Wildman–Crippen MR) is 114 cm³/mol. The van der Waals surface area contributed by atoms with Crippen molar-refractivity contribution in [2.24, 2.45) is 0 Å². The zero-order chi connectivity index (χ0) is 19.7. The Bertz CT molecular complexity index is 1150. The number of anilines is 1. The number of imidazole rings is 1. The van der Waals surface area contributed by atoms with Gasteiger partial charge in [-0.05, 0) is 49.6 Å². The van der Waals surface area contributed by atoms with Gasteiger partial charge in [0.05, 0.1) is 18.3 Å². The first-order chi connectivity index (χ1) is 13.6. The molecule has 4 aromatic rings. The lowest BCUT2D eigenvalue weighted by atomic mass is 10.1. The third-order valence-corrected chi connectivity index (χ3v) is 5.83. The van der Waals surface area contributed by atoms with Crippen LogP contribution in [0.2, 0.25) is 0 Å². The van der Waals surface area contributed by atoms with Crippen LogP contribution in [0, 0.1) is 6.92 Å². The number of rotatable bonds is 5. The number of amides is 1. The van der Waals surface area contributed by atoms with Gasteiger partial charge < -0.3 is 4.74 Å². The van der Waals surface area contributed by atoms with Crippen molar-refractivity contribution < 1.29 is 9.53 Å². The lowest BCUT2D eigenvalue weighted by Gasteiger charge is -2.02. The second-order valence-electron chi connectivity index (χ2n) is 6.01. The molecule has 6 nitrogen and oxygen atoms in total. The minimum atomic E-state index is -0.265. The SMILES string of the molecule is COc1ccc(-c2nc(NC(=O)c3nc(SC)n4ccccc34)sc2C)cc1. The van der Waals surface area contributed by atoms with Crippen molar-refractivity contribution in [1.29, 1.82) is 0 Å². The summed E-state index contributed by atoms with van der Waals surface area (Å²) in [6.45, 7) is 1.99. The van der Waals surface area contributed by atoms with Gasteiger partial charge in [-0.15, -0.1) is 11.3 Å². The van der Waals surface area contributed by atoms with Gasteiger partial charge in [-0.3, -0.25) is 14.5 Å². The Morgan fingerprint density at radius 1 is 1.18 bits per heavy atom. The second kappa shape index (κ2) is 7.65. The van der Waals surface area contributed by atoms with Crippen LogP contribution in [0.4, 0.5) is 5.13 Å². The van der Waals surface area contributed by atoms with E-state index in [2.05, 4.69) is 15.3 Å². The average molecular weight is 411 g/mol. The number of hydrogen-bond acceptors (Lipinski definition) is 6. The Kier molecular flexibility index (Phi) is 5.06. The molecular weight excluding hydrogens is 392 g/mol. The van der Waals surface area contributed by atoms with Gasteiger partial charge >= 0.3 is 0 Å². The van der Waals surface area contributed by atoms with Crippen LogP contribution in [0.15, 0.2) is 53.8 Å². The van der Waals surface area contributed by atoms with Crippen LogP contribution >= 0.6 is 23.1 Å². The molecule has 0 atom stereocenters. The van der Waals surface area contributed by atoms with Gasteiger partial charge in [-0.25, -0.2) is 9.97 Å². The van der Waals surface area contributed by atoms with Gasteiger partial charge in [0.25, 0.3) is 5.91 Å². The molecule has 142 valence electrons. The Hall–Kier alpha value is -2.84. The molecule has 1 amide bonds. The number of thiazole rings is 1. The smallest absolute Gasteiger partial charge is 0.278 e. The van der Waals surface area contributed by atoms with Crippen LogP contribution < -0.4 is 10.1 Å². The molecule has 3 aromatic heterocycles. The molecule has 0 saturated heterocycles. The maximum atomic E-state index is 12.9. The van der Waals surface area contributed by atoms with Crippen LogP contribution in [-0.4, -0.2) is 33.6 Å². The summed E-state index contributed by atoms with van der Waals surface area (Å²) in [5.41, 5.74) is 2.99. The maximum Gasteiger partial charge on any atom is 0.278 e. The van der Waals surface area contributed by atoms with Gasteiger partial charge in [-0.2, -0.15) is 0 Å². The summed E-state index contributed by atoms with van der Waals surface area (Å²) >= 11 is 2.94. The first-order valence-electron chi connectivity index (χ1n) is 8.55. The lowest BCUT2D eigenvalue weighted by molar-refractivity contribution is 0.102. The molecule has 0 aliphatic heterocycles. The number of benzene rings is 1. The highest BCUT2D eigenvalue weighted by atomic mass is 32.2. The van der Waals surface area contributed by atoms with Crippen molar-refractivity contribution in [2.45, 2.75) is 12.1 Å². The van der Waals surface area contributed by atoms with E-state index in [-0.39, 0.29) is 5.91 Å². The number of thioether (sulfide) groups is 1. The third kappa shape index (κ3) is 3.36. The maximum absolute atomic E-state index is 12.9. The molecule has 8 heteroatoms. The highest BCUT2D eigenvalue weighted by Crippen LogP contribution is 2.32. The van der Waals surface area contributed by atoms with E-state index in [0.29, 0.717) is 10.8 Å². The van der Waals surface area contributed by atoms with Crippen molar-refractivity contribution in [3.8, 4) is 17.0 Å². The molecule has 0 aliphatic carbocycles. The topological polar surface area (TPSA) is 68.5 Å². The van der Waals surface area contributed by atoms with Crippen molar-refractivity contribution in [3.05, 3.63) is 59.2 Å². The van der Waals surface area contributed by atoms with Crippen LogP contribution in [-0.2, 0) is 0 Å². The Morgan fingerprint density at radius 3 is 2.68 bits per heavy atom. The summed E-state index contributed by atoms with van der Waals surface area (Å²) in [4.78, 5) is 23.0. The van der Waals surface area contributed by atoms with Crippen LogP contribution in [0.25, 0.3) is 16.8 Å². The monoisotopic (exact) mass is 410 g/mol. The van der Waals surface area contributed by atoms with E-state index < -0.39 is 0 Å². The largest absolute Gasteiger partial charge is 0.497 e. The number of methoxy groups -OCH3 is 1. The summed E-state index contributed by atoms with van der Waals surface area (Å²) in [5.74, 6) is 0.528. The van der Waals surface area contributed by atoms with E-state index in [9.17, 15) is 4.79 Å². The Morgan fingerprint density at radius 2 is 1.96 bits per heavy atom. The summed E-state index contributed by atoms with van der Waals surface area (Å²) in [5, 5.41) is 4.23. The number of nitrogens with zero attached hydrogens (tertiary/aromatic N) is 3. The molecule has 0 unspecified atom stereocenters. The number of aromatic nitrogens is 3. The van der Waals surface area contributed by atoms with Crippen molar-refractivity contribution >= 4 is 39.7 Å². The Labute approximate surface area is 170 Å². The van der Waals surface area contributed by atoms with Gasteiger partial charge in [0.2, 0.25) is 0 Å². The lowest BCUT2D eigenvalue weighted by Crippen LogP contribution is -2.12. The number of pyridine rings is 1. The normalized spacial score (nSPS) is 11.0. The molecule has 1 N–H and O–H groups in total. The van der Waals surface area contributed by atoms with Crippen molar-refractivity contribution in [3.63, 3.8) is 0 Å². The number of hydrogen-bond donors (Lipinski definition) is 1. The highest BCUT2D eigenvalue weighted by molar-refractivity contribution is 7.98. The van der Waals surface area contributed by atoms with Crippen molar-refractivity contribution in [2.75, 3.05) is 18.7 Å². The number of carbonyl (C=O) groups excluding carboxylic acids is 1. The van der Waals surface area contributed by atoms with E-state index in [1.165, 1.54) is 23.1 Å². The summed E-state index contributed by atoms with van der Waals surface area (Å²) in [7, 11) is 1.64. The van der Waals surface area contributed by atoms with Gasteiger partial charge in [0.15, 0.2) is 16.0 Å². The molecule has 4 rings (SSSR count). The van der Waals surface area contributed by atoms with Crippen molar-refractivity contribution in [1.82, 2.24) is 14.4 Å². The van der Waals surface area contributed by atoms with Gasteiger partial charge in [0.1, 0.15) is 5.75 Å². The summed E-state index contributed by atoms with van der Waals surface area (Å²) < 4.78 is 7.12. The van der Waals surface area contributed by atoms with Gasteiger partial charge in [0, 0.05) is 16.6 Å². The quantitative estimate of drug-likeness (QED) is 0.481. The van der Waals surface area contributed by atoms with E-state index in [1.54, 1.807) is 7.11 Å². The fraction of sp³-hybridized carbons (Fsp3) is 0.150. The molecule has 1 aromatic carbocycles. The first kappa shape index (κ1) is 18.5. The first-order valence-corrected chi connectivity index (χ1v) is 10.6. The number of fused-ring (bicyclic) bond motifs is 1. The summed E-state index contributed by atoms with van der Waals surface area (Å²) in [6, 6.07) is 13.4. The van der Waals surface area contributed by atoms with E-state index in [1.807, 2.05) is 66.2 Å². The van der Waals surface area contributed by atoms with Crippen LogP contribution in [0.5, 0.6) is 5.75 Å². The number of ether oxygens (including phenoxy) is 1. The molecule has 0 aliphatic rings. The highest BCUT2D eigenvalue weighted by Gasteiger charge is 2.19. The number of carbonyl (C=O) groups is 1. The zero-order valence-corrected chi connectivity index (χ0v) is 17.2. The van der Waals surface area contributed by atoms with Gasteiger partial charge in [-0.1, -0.05) is 17.8 Å². The molecule has 0 spiro atoms. The number of aryl methyl sites for hydroxylation is 1. The van der Waals surface area contributed by atoms with E-state index in [4.69, 9.17) is 4.74 Å². The van der Waals surface area contributed by atoms with Crippen LogP contribution in [0.1, 0.15) is 15.4 Å². The van der Waals surface area contributed by atoms with Crippen LogP contribution in [0.3, 0.4) is 0 Å². The van der Waals surface area contributed by atoms with E-state index in [0.717, 1.165) is 32.6 Å².